The molecular weight excluding hydrogens is 397 g/mol. The monoisotopic (exact) mass is 413 g/mol. The van der Waals surface area contributed by atoms with Crippen LogP contribution in [0.25, 0.3) is 0 Å². The lowest BCUT2D eigenvalue weighted by atomic mass is 10.0. The van der Waals surface area contributed by atoms with Gasteiger partial charge in [0, 0.05) is 3.57 Å². The SMILES string of the molecule is CCC(C)(CO)NS(=O)(=O)c1ccc(I)c(C(=O)O)c1. The van der Waals surface area contributed by atoms with E-state index in [1.807, 2.05) is 22.6 Å². The Bertz CT molecular complexity index is 610. The van der Waals surface area contributed by atoms with Crippen molar-refractivity contribution in [3.05, 3.63) is 27.3 Å². The van der Waals surface area contributed by atoms with Gasteiger partial charge in [-0.25, -0.2) is 17.9 Å². The van der Waals surface area contributed by atoms with Crippen LogP contribution >= 0.6 is 22.6 Å². The van der Waals surface area contributed by atoms with Gasteiger partial charge < -0.3 is 10.2 Å². The summed E-state index contributed by atoms with van der Waals surface area (Å²) < 4.78 is 27.3. The fraction of sp³-hybridized carbons (Fsp3) is 0.417. The maximum atomic E-state index is 12.2. The van der Waals surface area contributed by atoms with E-state index < -0.39 is 21.5 Å². The zero-order chi connectivity index (χ0) is 15.6. The second-order valence-electron chi connectivity index (χ2n) is 4.62. The molecule has 0 aliphatic rings. The Kier molecular flexibility index (Phi) is 5.53. The highest BCUT2D eigenvalue weighted by molar-refractivity contribution is 14.1. The Balaban J connectivity index is 3.23. The molecule has 3 N–H and O–H groups in total. The Morgan fingerprint density at radius 2 is 2.05 bits per heavy atom. The molecule has 6 nitrogen and oxygen atoms in total. The molecule has 1 atom stereocenters. The first-order chi connectivity index (χ1) is 9.15. The minimum Gasteiger partial charge on any atom is -0.478 e. The second kappa shape index (κ2) is 6.37. The number of halogens is 1. The van der Waals surface area contributed by atoms with Gasteiger partial charge in [-0.05, 0) is 54.1 Å². The van der Waals surface area contributed by atoms with Crippen molar-refractivity contribution in [1.82, 2.24) is 4.72 Å². The van der Waals surface area contributed by atoms with Gasteiger partial charge in [0.1, 0.15) is 0 Å². The lowest BCUT2D eigenvalue weighted by molar-refractivity contribution is 0.0695. The number of carboxylic acid groups (broad SMARTS) is 1. The number of hydrogen-bond acceptors (Lipinski definition) is 4. The summed E-state index contributed by atoms with van der Waals surface area (Å²) in [6.07, 6.45) is 0.402. The number of aliphatic hydroxyl groups is 1. The van der Waals surface area contributed by atoms with Gasteiger partial charge in [-0.3, -0.25) is 0 Å². The van der Waals surface area contributed by atoms with Gasteiger partial charge in [0.2, 0.25) is 10.0 Å². The molecule has 0 radical (unpaired) electrons. The van der Waals surface area contributed by atoms with Crippen molar-refractivity contribution >= 4 is 38.6 Å². The molecule has 0 saturated heterocycles. The Hall–Kier alpha value is -0.710. The number of hydrogen-bond donors (Lipinski definition) is 3. The molecule has 8 heteroatoms. The van der Waals surface area contributed by atoms with Gasteiger partial charge in [-0.15, -0.1) is 0 Å². The fourth-order valence-corrected chi connectivity index (χ4v) is 3.50. The standard InChI is InChI=1S/C12H16INO5S/c1-3-12(2,7-15)14-20(18,19)8-4-5-10(13)9(6-8)11(16)17/h4-6,14-15H,3,7H2,1-2H3,(H,16,17). The van der Waals surface area contributed by atoms with Gasteiger partial charge in [0.05, 0.1) is 22.6 Å². The number of aliphatic hydroxyl groups excluding tert-OH is 1. The third kappa shape index (κ3) is 3.90. The summed E-state index contributed by atoms with van der Waals surface area (Å²) in [7, 11) is -3.89. The van der Waals surface area contributed by atoms with E-state index in [0.717, 1.165) is 6.07 Å². The maximum absolute atomic E-state index is 12.2. The lowest BCUT2D eigenvalue weighted by Gasteiger charge is -2.26. The molecule has 0 heterocycles. The largest absolute Gasteiger partial charge is 0.478 e. The predicted octanol–water partition coefficient (Wildman–Crippen LogP) is 1.43. The van der Waals surface area contributed by atoms with E-state index in [4.69, 9.17) is 5.11 Å². The predicted molar refractivity (Wildman–Crippen MR) is 82.2 cm³/mol. The van der Waals surface area contributed by atoms with E-state index in [1.165, 1.54) is 12.1 Å². The minimum absolute atomic E-state index is 0.0734. The molecular formula is C12H16INO5S. The van der Waals surface area contributed by atoms with Crippen LogP contribution in [0.3, 0.4) is 0 Å². The summed E-state index contributed by atoms with van der Waals surface area (Å²) in [4.78, 5) is 10.9. The normalized spacial score (nSPS) is 14.8. The van der Waals surface area contributed by atoms with Gasteiger partial charge in [-0.1, -0.05) is 6.92 Å². The first-order valence-electron chi connectivity index (χ1n) is 5.83. The van der Waals surface area contributed by atoms with Crippen molar-refractivity contribution in [3.8, 4) is 0 Å². The van der Waals surface area contributed by atoms with Crippen LogP contribution in [0.4, 0.5) is 0 Å². The molecule has 0 aliphatic heterocycles. The van der Waals surface area contributed by atoms with Crippen LogP contribution in [0.2, 0.25) is 0 Å². The molecule has 0 bridgehead atoms. The van der Waals surface area contributed by atoms with Crippen molar-refractivity contribution in [1.29, 1.82) is 0 Å². The molecule has 0 spiro atoms. The van der Waals surface area contributed by atoms with Crippen LogP contribution in [-0.2, 0) is 10.0 Å². The van der Waals surface area contributed by atoms with Crippen molar-refractivity contribution < 1.29 is 23.4 Å². The highest BCUT2D eigenvalue weighted by atomic mass is 127. The average Bonchev–Trinajstić information content (AvgIpc) is 2.38. The molecule has 0 saturated carbocycles. The van der Waals surface area contributed by atoms with Crippen LogP contribution in [0.1, 0.15) is 30.6 Å². The van der Waals surface area contributed by atoms with E-state index in [1.54, 1.807) is 13.8 Å². The summed E-state index contributed by atoms with van der Waals surface area (Å²) in [5.74, 6) is -1.19. The second-order valence-corrected chi connectivity index (χ2v) is 7.47. The Morgan fingerprint density at radius 3 is 2.50 bits per heavy atom. The highest BCUT2D eigenvalue weighted by Gasteiger charge is 2.29. The summed E-state index contributed by atoms with van der Waals surface area (Å²) in [6.45, 7) is 2.98. The molecule has 112 valence electrons. The molecule has 0 amide bonds. The quantitative estimate of drug-likeness (QED) is 0.613. The van der Waals surface area contributed by atoms with Crippen LogP contribution < -0.4 is 4.72 Å². The molecule has 1 aromatic rings. The smallest absolute Gasteiger partial charge is 0.336 e. The third-order valence-corrected chi connectivity index (χ3v) is 5.57. The molecule has 1 rings (SSSR count). The van der Waals surface area contributed by atoms with Gasteiger partial charge in [0.25, 0.3) is 0 Å². The number of carbonyl (C=O) groups is 1. The van der Waals surface area contributed by atoms with Crippen LogP contribution in [0, 0.1) is 3.57 Å². The van der Waals surface area contributed by atoms with Gasteiger partial charge >= 0.3 is 5.97 Å². The average molecular weight is 413 g/mol. The van der Waals surface area contributed by atoms with E-state index in [0.29, 0.717) is 9.99 Å². The van der Waals surface area contributed by atoms with Crippen molar-refractivity contribution in [2.75, 3.05) is 6.61 Å². The summed E-state index contributed by atoms with van der Waals surface area (Å²) in [6, 6.07) is 3.88. The molecule has 20 heavy (non-hydrogen) atoms. The topological polar surface area (TPSA) is 104 Å². The number of rotatable bonds is 6. The minimum atomic E-state index is -3.89. The van der Waals surface area contributed by atoms with Crippen molar-refractivity contribution in [3.63, 3.8) is 0 Å². The summed E-state index contributed by atoms with van der Waals surface area (Å²) in [5.41, 5.74) is -1.05. The zero-order valence-electron chi connectivity index (χ0n) is 11.1. The van der Waals surface area contributed by atoms with E-state index in [9.17, 15) is 18.3 Å². The molecule has 0 aromatic heterocycles. The van der Waals surface area contributed by atoms with Gasteiger partial charge in [0.15, 0.2) is 0 Å². The number of sulfonamides is 1. The van der Waals surface area contributed by atoms with E-state index in [2.05, 4.69) is 4.72 Å². The van der Waals surface area contributed by atoms with Crippen molar-refractivity contribution in [2.24, 2.45) is 0 Å². The Labute approximate surface area is 131 Å². The maximum Gasteiger partial charge on any atom is 0.336 e. The van der Waals surface area contributed by atoms with Gasteiger partial charge in [-0.2, -0.15) is 0 Å². The third-order valence-electron chi connectivity index (χ3n) is 2.99. The Morgan fingerprint density at radius 1 is 1.45 bits per heavy atom. The first kappa shape index (κ1) is 17.3. The van der Waals surface area contributed by atoms with E-state index >= 15 is 0 Å². The number of benzene rings is 1. The van der Waals surface area contributed by atoms with Crippen LogP contribution in [0.15, 0.2) is 23.1 Å². The number of nitrogens with one attached hydrogen (secondary N) is 1. The number of carboxylic acids is 1. The molecule has 1 unspecified atom stereocenters. The summed E-state index contributed by atoms with van der Waals surface area (Å²) in [5, 5.41) is 18.3. The number of aromatic carboxylic acids is 1. The fourth-order valence-electron chi connectivity index (χ4n) is 1.43. The van der Waals surface area contributed by atoms with Crippen LogP contribution in [0.5, 0.6) is 0 Å². The summed E-state index contributed by atoms with van der Waals surface area (Å²) >= 11 is 1.83. The van der Waals surface area contributed by atoms with Crippen molar-refractivity contribution in [2.45, 2.75) is 30.7 Å². The molecule has 0 fully saturated rings. The molecule has 1 aromatic carbocycles. The van der Waals surface area contributed by atoms with Crippen LogP contribution in [-0.4, -0.2) is 36.7 Å². The van der Waals surface area contributed by atoms with E-state index in [-0.39, 0.29) is 17.1 Å². The molecule has 0 aliphatic carbocycles. The first-order valence-corrected chi connectivity index (χ1v) is 8.39. The zero-order valence-corrected chi connectivity index (χ0v) is 14.0. The lowest BCUT2D eigenvalue weighted by Crippen LogP contribution is -2.48. The highest BCUT2D eigenvalue weighted by Crippen LogP contribution is 2.20.